The van der Waals surface area contributed by atoms with Crippen molar-refractivity contribution in [3.63, 3.8) is 0 Å². The Balaban J connectivity index is 2.20. The quantitative estimate of drug-likeness (QED) is 0.575. The van der Waals surface area contributed by atoms with Crippen LogP contribution >= 0.6 is 22.6 Å². The molecule has 12 heavy (non-hydrogen) atoms. The third kappa shape index (κ3) is 3.16. The Bertz CT molecular complexity index is 131. The number of hydrogen-bond donors (Lipinski definition) is 0. The van der Waals surface area contributed by atoms with E-state index in [4.69, 9.17) is 14.2 Å². The fourth-order valence-electron chi connectivity index (χ4n) is 1.21. The summed E-state index contributed by atoms with van der Waals surface area (Å²) in [6.07, 6.45) is 0.412. The molecule has 3 atom stereocenters. The Morgan fingerprint density at radius 3 is 2.83 bits per heavy atom. The van der Waals surface area contributed by atoms with Crippen molar-refractivity contribution in [1.29, 1.82) is 0 Å². The third-order valence-corrected chi connectivity index (χ3v) is 2.93. The fraction of sp³-hybridized carbons (Fsp3) is 1.00. The fourth-order valence-corrected chi connectivity index (χ4v) is 1.84. The molecule has 0 amide bonds. The van der Waals surface area contributed by atoms with E-state index in [0.717, 1.165) is 13.2 Å². The van der Waals surface area contributed by atoms with Crippen molar-refractivity contribution < 1.29 is 14.2 Å². The van der Waals surface area contributed by atoms with Crippen LogP contribution in [0.2, 0.25) is 0 Å². The van der Waals surface area contributed by atoms with Gasteiger partial charge >= 0.3 is 0 Å². The SMILES string of the molecule is COCC(C)OC1COCC1I. The van der Waals surface area contributed by atoms with Crippen molar-refractivity contribution in [2.24, 2.45) is 0 Å². The number of ether oxygens (including phenoxy) is 3. The minimum Gasteiger partial charge on any atom is -0.382 e. The molecule has 0 aromatic heterocycles. The predicted molar refractivity (Wildman–Crippen MR) is 54.8 cm³/mol. The van der Waals surface area contributed by atoms with Crippen molar-refractivity contribution >= 4 is 22.6 Å². The highest BCUT2D eigenvalue weighted by Crippen LogP contribution is 2.19. The van der Waals surface area contributed by atoms with E-state index in [0.29, 0.717) is 10.5 Å². The van der Waals surface area contributed by atoms with Crippen LogP contribution in [0.1, 0.15) is 6.92 Å². The maximum atomic E-state index is 5.71. The molecule has 0 radical (unpaired) electrons. The van der Waals surface area contributed by atoms with E-state index in [9.17, 15) is 0 Å². The first kappa shape index (κ1) is 10.7. The maximum Gasteiger partial charge on any atom is 0.0952 e. The van der Waals surface area contributed by atoms with Gasteiger partial charge in [-0.05, 0) is 6.92 Å². The van der Waals surface area contributed by atoms with Crippen molar-refractivity contribution in [1.82, 2.24) is 0 Å². The van der Waals surface area contributed by atoms with Crippen molar-refractivity contribution in [2.45, 2.75) is 23.1 Å². The normalized spacial score (nSPS) is 32.2. The van der Waals surface area contributed by atoms with Gasteiger partial charge in [0, 0.05) is 7.11 Å². The molecule has 0 aliphatic carbocycles. The summed E-state index contributed by atoms with van der Waals surface area (Å²) in [5, 5.41) is 0. The zero-order valence-corrected chi connectivity index (χ0v) is 9.61. The molecule has 1 heterocycles. The van der Waals surface area contributed by atoms with Crippen molar-refractivity contribution in [3.8, 4) is 0 Å². The van der Waals surface area contributed by atoms with Gasteiger partial charge in [-0.1, -0.05) is 22.6 Å². The third-order valence-electron chi connectivity index (χ3n) is 1.77. The van der Waals surface area contributed by atoms with Gasteiger partial charge in [0.2, 0.25) is 0 Å². The summed E-state index contributed by atoms with van der Waals surface area (Å²) < 4.78 is 16.5. The zero-order chi connectivity index (χ0) is 8.97. The van der Waals surface area contributed by atoms with E-state index in [1.807, 2.05) is 6.92 Å². The van der Waals surface area contributed by atoms with Crippen LogP contribution in [0.15, 0.2) is 0 Å². The predicted octanol–water partition coefficient (Wildman–Crippen LogP) is 1.24. The summed E-state index contributed by atoms with van der Waals surface area (Å²) in [7, 11) is 1.69. The minimum absolute atomic E-state index is 0.166. The molecule has 72 valence electrons. The molecule has 0 saturated carbocycles. The standard InChI is InChI=1S/C8H15IO3/c1-6(3-10-2)12-8-5-11-4-7(8)9/h6-8H,3-5H2,1-2H3. The average molecular weight is 286 g/mol. The first-order chi connectivity index (χ1) is 5.74. The lowest BCUT2D eigenvalue weighted by atomic mass is 10.3. The van der Waals surface area contributed by atoms with Gasteiger partial charge in [0.25, 0.3) is 0 Å². The molecule has 1 rings (SSSR count). The van der Waals surface area contributed by atoms with E-state index in [1.165, 1.54) is 0 Å². The van der Waals surface area contributed by atoms with Crippen LogP contribution in [0.5, 0.6) is 0 Å². The largest absolute Gasteiger partial charge is 0.382 e. The molecule has 0 aromatic carbocycles. The lowest BCUT2D eigenvalue weighted by Crippen LogP contribution is -2.29. The monoisotopic (exact) mass is 286 g/mol. The van der Waals surface area contributed by atoms with Gasteiger partial charge in [0.1, 0.15) is 0 Å². The van der Waals surface area contributed by atoms with Crippen molar-refractivity contribution in [3.05, 3.63) is 0 Å². The lowest BCUT2D eigenvalue weighted by molar-refractivity contribution is -0.0377. The molecular weight excluding hydrogens is 271 g/mol. The number of hydrogen-bond acceptors (Lipinski definition) is 3. The molecule has 3 nitrogen and oxygen atoms in total. The Kier molecular flexibility index (Phi) is 4.78. The Morgan fingerprint density at radius 2 is 2.33 bits per heavy atom. The second-order valence-corrected chi connectivity index (χ2v) is 4.59. The van der Waals surface area contributed by atoms with Crippen LogP contribution in [0, 0.1) is 0 Å². The Labute approximate surface area is 86.9 Å². The van der Waals surface area contributed by atoms with E-state index in [1.54, 1.807) is 7.11 Å². The summed E-state index contributed by atoms with van der Waals surface area (Å²) >= 11 is 2.36. The molecule has 0 bridgehead atoms. The molecule has 1 aliphatic rings. The van der Waals surface area contributed by atoms with Gasteiger partial charge in [-0.25, -0.2) is 0 Å². The van der Waals surface area contributed by atoms with Crippen LogP contribution in [-0.2, 0) is 14.2 Å². The maximum absolute atomic E-state index is 5.71. The number of rotatable bonds is 4. The van der Waals surface area contributed by atoms with E-state index in [-0.39, 0.29) is 12.2 Å². The van der Waals surface area contributed by atoms with E-state index >= 15 is 0 Å². The van der Waals surface area contributed by atoms with E-state index < -0.39 is 0 Å². The summed E-state index contributed by atoms with van der Waals surface area (Å²) in [5.41, 5.74) is 0. The number of halogens is 1. The van der Waals surface area contributed by atoms with Crippen LogP contribution in [0.4, 0.5) is 0 Å². The van der Waals surface area contributed by atoms with Crippen molar-refractivity contribution in [2.75, 3.05) is 26.9 Å². The van der Waals surface area contributed by atoms with Crippen LogP contribution in [-0.4, -0.2) is 43.1 Å². The summed E-state index contributed by atoms with van der Waals surface area (Å²) in [4.78, 5) is 0. The van der Waals surface area contributed by atoms with Crippen LogP contribution < -0.4 is 0 Å². The topological polar surface area (TPSA) is 27.7 Å². The second kappa shape index (κ2) is 5.36. The number of alkyl halides is 1. The van der Waals surface area contributed by atoms with E-state index in [2.05, 4.69) is 22.6 Å². The zero-order valence-electron chi connectivity index (χ0n) is 7.46. The minimum atomic E-state index is 0.166. The first-order valence-electron chi connectivity index (χ1n) is 4.10. The summed E-state index contributed by atoms with van der Waals surface area (Å²) in [5.74, 6) is 0. The molecule has 1 saturated heterocycles. The highest BCUT2D eigenvalue weighted by atomic mass is 127. The highest BCUT2D eigenvalue weighted by Gasteiger charge is 2.27. The molecule has 1 aliphatic heterocycles. The van der Waals surface area contributed by atoms with Crippen LogP contribution in [0.3, 0.4) is 0 Å². The second-order valence-electron chi connectivity index (χ2n) is 2.99. The lowest BCUT2D eigenvalue weighted by Gasteiger charge is -2.18. The summed E-state index contributed by atoms with van der Waals surface area (Å²) in [6.45, 7) is 4.21. The van der Waals surface area contributed by atoms with Crippen LogP contribution in [0.25, 0.3) is 0 Å². The molecule has 4 heteroatoms. The Hall–Kier alpha value is 0.610. The molecule has 0 aromatic rings. The molecular formula is C8H15IO3. The van der Waals surface area contributed by atoms with Gasteiger partial charge in [0.15, 0.2) is 0 Å². The highest BCUT2D eigenvalue weighted by molar-refractivity contribution is 14.1. The van der Waals surface area contributed by atoms with Gasteiger partial charge < -0.3 is 14.2 Å². The van der Waals surface area contributed by atoms with Gasteiger partial charge in [0.05, 0.1) is 36.0 Å². The van der Waals surface area contributed by atoms with Gasteiger partial charge in [-0.2, -0.15) is 0 Å². The average Bonchev–Trinajstić information content (AvgIpc) is 2.37. The Morgan fingerprint density at radius 1 is 1.58 bits per heavy atom. The molecule has 3 unspecified atom stereocenters. The smallest absolute Gasteiger partial charge is 0.0952 e. The summed E-state index contributed by atoms with van der Waals surface area (Å²) in [6, 6.07) is 0. The molecule has 0 spiro atoms. The van der Waals surface area contributed by atoms with Gasteiger partial charge in [-0.15, -0.1) is 0 Å². The number of methoxy groups -OCH3 is 1. The first-order valence-corrected chi connectivity index (χ1v) is 5.34. The molecule has 0 N–H and O–H groups in total. The molecule has 1 fully saturated rings. The van der Waals surface area contributed by atoms with Gasteiger partial charge in [-0.3, -0.25) is 0 Å².